The number of nitrogens with two attached hydrogens (primary N) is 1. The maximum absolute atomic E-state index is 12.3. The third kappa shape index (κ3) is 4.79. The number of anilines is 1. The predicted octanol–water partition coefficient (Wildman–Crippen LogP) is 3.26. The summed E-state index contributed by atoms with van der Waals surface area (Å²) < 4.78 is 0. The maximum atomic E-state index is 12.3. The summed E-state index contributed by atoms with van der Waals surface area (Å²) in [5, 5.41) is 2.86. The Bertz CT molecular complexity index is 754. The van der Waals surface area contributed by atoms with Crippen LogP contribution >= 0.6 is 0 Å². The zero-order valence-electron chi connectivity index (χ0n) is 15.0. The molecule has 3 amide bonds. The molecule has 0 saturated heterocycles. The highest BCUT2D eigenvalue weighted by Crippen LogP contribution is 2.27. The van der Waals surface area contributed by atoms with Gasteiger partial charge in [-0.05, 0) is 45.4 Å². The van der Waals surface area contributed by atoms with Crippen LogP contribution in [0, 0.1) is 0 Å². The number of rotatable bonds is 4. The Morgan fingerprint density at radius 3 is 2.36 bits per heavy atom. The second kappa shape index (κ2) is 7.34. The largest absolute Gasteiger partial charge is 0.351 e. The van der Waals surface area contributed by atoms with Crippen molar-refractivity contribution < 1.29 is 9.59 Å². The van der Waals surface area contributed by atoms with Gasteiger partial charge in [0.05, 0.1) is 6.04 Å². The number of urea groups is 1. The normalized spacial score (nSPS) is 12.3. The number of pyridine rings is 1. The van der Waals surface area contributed by atoms with Gasteiger partial charge < -0.3 is 11.1 Å². The molecule has 1 heterocycles. The van der Waals surface area contributed by atoms with Crippen molar-refractivity contribution in [3.8, 4) is 0 Å². The van der Waals surface area contributed by atoms with Crippen LogP contribution in [0.25, 0.3) is 0 Å². The highest BCUT2D eigenvalue weighted by molar-refractivity contribution is 5.96. The molecule has 0 fully saturated rings. The summed E-state index contributed by atoms with van der Waals surface area (Å²) in [7, 11) is 0. The van der Waals surface area contributed by atoms with E-state index in [2.05, 4.69) is 10.3 Å². The molecule has 0 aliphatic carbocycles. The third-order valence-corrected chi connectivity index (χ3v) is 3.65. The summed E-state index contributed by atoms with van der Waals surface area (Å²) in [4.78, 5) is 29.9. The summed E-state index contributed by atoms with van der Waals surface area (Å²) in [6.07, 6.45) is 1.50. The Hall–Kier alpha value is -2.89. The number of hydrogen-bond donors (Lipinski definition) is 2. The van der Waals surface area contributed by atoms with E-state index in [1.165, 1.54) is 11.1 Å². The second-order valence-corrected chi connectivity index (χ2v) is 6.90. The van der Waals surface area contributed by atoms with Crippen LogP contribution in [-0.4, -0.2) is 22.5 Å². The predicted molar refractivity (Wildman–Crippen MR) is 98.4 cm³/mol. The van der Waals surface area contributed by atoms with Crippen molar-refractivity contribution in [2.45, 2.75) is 39.3 Å². The minimum atomic E-state index is -0.593. The van der Waals surface area contributed by atoms with Crippen LogP contribution in [0.2, 0.25) is 0 Å². The van der Waals surface area contributed by atoms with Gasteiger partial charge in [0.1, 0.15) is 5.69 Å². The first-order valence-electron chi connectivity index (χ1n) is 8.11. The molecule has 2 rings (SSSR count). The van der Waals surface area contributed by atoms with Gasteiger partial charge in [0, 0.05) is 17.4 Å². The first kappa shape index (κ1) is 18.4. The Morgan fingerprint density at radius 2 is 1.80 bits per heavy atom. The number of hydrogen-bond acceptors (Lipinski definition) is 3. The number of nitrogens with zero attached hydrogens (tertiary/aromatic N) is 2. The molecule has 1 atom stereocenters. The molecular formula is C19H24N4O2. The van der Waals surface area contributed by atoms with E-state index in [9.17, 15) is 9.59 Å². The van der Waals surface area contributed by atoms with E-state index >= 15 is 0 Å². The van der Waals surface area contributed by atoms with Crippen LogP contribution in [-0.2, 0) is 0 Å². The topological polar surface area (TPSA) is 88.3 Å². The number of carbonyl (C=O) groups is 2. The van der Waals surface area contributed by atoms with E-state index < -0.39 is 6.03 Å². The van der Waals surface area contributed by atoms with Gasteiger partial charge >= 0.3 is 6.03 Å². The van der Waals surface area contributed by atoms with Crippen molar-refractivity contribution in [1.82, 2.24) is 10.3 Å². The molecule has 2 aromatic rings. The van der Waals surface area contributed by atoms with E-state index in [1.54, 1.807) is 12.1 Å². The molecule has 6 nitrogen and oxygen atoms in total. The fourth-order valence-electron chi connectivity index (χ4n) is 2.52. The van der Waals surface area contributed by atoms with Crippen molar-refractivity contribution in [3.05, 3.63) is 59.9 Å². The minimum absolute atomic E-state index is 0.235. The molecule has 25 heavy (non-hydrogen) atoms. The summed E-state index contributed by atoms with van der Waals surface area (Å²) in [5.74, 6) is -0.300. The molecule has 132 valence electrons. The monoisotopic (exact) mass is 340 g/mol. The van der Waals surface area contributed by atoms with Crippen LogP contribution in [0.3, 0.4) is 0 Å². The first-order valence-corrected chi connectivity index (χ1v) is 8.11. The van der Waals surface area contributed by atoms with Crippen LogP contribution < -0.4 is 16.0 Å². The average molecular weight is 340 g/mol. The summed E-state index contributed by atoms with van der Waals surface area (Å²) in [6.45, 7) is 7.56. The fraction of sp³-hybridized carbons (Fsp3) is 0.316. The van der Waals surface area contributed by atoms with Gasteiger partial charge in [-0.15, -0.1) is 0 Å². The average Bonchev–Trinajstić information content (AvgIpc) is 2.54. The minimum Gasteiger partial charge on any atom is -0.351 e. The van der Waals surface area contributed by atoms with E-state index in [0.29, 0.717) is 5.69 Å². The fourth-order valence-corrected chi connectivity index (χ4v) is 2.52. The Kier molecular flexibility index (Phi) is 5.41. The number of carbonyl (C=O) groups excluding carboxylic acids is 2. The lowest BCUT2D eigenvalue weighted by atomic mass is 10.1. The quantitative estimate of drug-likeness (QED) is 0.895. The Balaban J connectivity index is 2.35. The molecule has 0 aliphatic rings. The van der Waals surface area contributed by atoms with Gasteiger partial charge in [-0.25, -0.2) is 4.79 Å². The number of primary amides is 1. The van der Waals surface area contributed by atoms with Crippen molar-refractivity contribution >= 4 is 17.6 Å². The zero-order valence-corrected chi connectivity index (χ0v) is 15.0. The number of nitrogens with one attached hydrogen (secondary N) is 1. The van der Waals surface area contributed by atoms with Gasteiger partial charge in [0.2, 0.25) is 0 Å². The molecule has 0 saturated carbocycles. The van der Waals surface area contributed by atoms with E-state index in [4.69, 9.17) is 5.73 Å². The molecule has 0 bridgehead atoms. The third-order valence-electron chi connectivity index (χ3n) is 3.65. The SMILES string of the molecule is C[C@@H](c1ccccc1)N(C(N)=O)c1ccnc(C(=O)NC(C)(C)C)c1. The van der Waals surface area contributed by atoms with Crippen LogP contribution in [0.5, 0.6) is 0 Å². The number of aromatic nitrogens is 1. The van der Waals surface area contributed by atoms with Gasteiger partial charge in [-0.2, -0.15) is 0 Å². The van der Waals surface area contributed by atoms with Crippen LogP contribution in [0.15, 0.2) is 48.7 Å². The van der Waals surface area contributed by atoms with Crippen molar-refractivity contribution in [2.24, 2.45) is 5.73 Å². The van der Waals surface area contributed by atoms with Crippen LogP contribution in [0.1, 0.15) is 49.8 Å². The molecular weight excluding hydrogens is 316 g/mol. The van der Waals surface area contributed by atoms with E-state index in [0.717, 1.165) is 5.56 Å². The summed E-state index contributed by atoms with van der Waals surface area (Å²) in [6, 6.07) is 11.9. The van der Waals surface area contributed by atoms with Crippen molar-refractivity contribution in [2.75, 3.05) is 4.90 Å². The lowest BCUT2D eigenvalue weighted by molar-refractivity contribution is 0.0914. The number of benzene rings is 1. The van der Waals surface area contributed by atoms with Crippen molar-refractivity contribution in [3.63, 3.8) is 0 Å². The summed E-state index contributed by atoms with van der Waals surface area (Å²) >= 11 is 0. The van der Waals surface area contributed by atoms with Gasteiger partial charge in [-0.1, -0.05) is 30.3 Å². The Morgan fingerprint density at radius 1 is 1.16 bits per heavy atom. The smallest absolute Gasteiger partial charge is 0.319 e. The first-order chi connectivity index (χ1) is 11.7. The molecule has 6 heteroatoms. The maximum Gasteiger partial charge on any atom is 0.319 e. The van der Waals surface area contributed by atoms with E-state index in [1.807, 2.05) is 58.0 Å². The molecule has 0 radical (unpaired) electrons. The number of amides is 3. The molecule has 3 N–H and O–H groups in total. The molecule has 1 aromatic heterocycles. The van der Waals surface area contributed by atoms with Crippen molar-refractivity contribution in [1.29, 1.82) is 0 Å². The highest BCUT2D eigenvalue weighted by atomic mass is 16.2. The standard InChI is InChI=1S/C19H24N4O2/c1-13(14-8-6-5-7-9-14)23(18(20)25)15-10-11-21-16(12-15)17(24)22-19(2,3)4/h5-13H,1-4H3,(H2,20,25)(H,22,24)/t13-/m0/s1. The second-order valence-electron chi connectivity index (χ2n) is 6.90. The molecule has 0 spiro atoms. The Labute approximate surface area is 148 Å². The molecule has 0 aliphatic heterocycles. The lowest BCUT2D eigenvalue weighted by Crippen LogP contribution is -2.41. The molecule has 1 aromatic carbocycles. The highest BCUT2D eigenvalue weighted by Gasteiger charge is 2.23. The molecule has 0 unspecified atom stereocenters. The van der Waals surface area contributed by atoms with Crippen LogP contribution in [0.4, 0.5) is 10.5 Å². The van der Waals surface area contributed by atoms with Gasteiger partial charge in [-0.3, -0.25) is 14.7 Å². The van der Waals surface area contributed by atoms with Gasteiger partial charge in [0.15, 0.2) is 0 Å². The van der Waals surface area contributed by atoms with E-state index in [-0.39, 0.29) is 23.2 Å². The van der Waals surface area contributed by atoms with Gasteiger partial charge in [0.25, 0.3) is 5.91 Å². The lowest BCUT2D eigenvalue weighted by Gasteiger charge is -2.28. The zero-order chi connectivity index (χ0) is 18.6. The summed E-state index contributed by atoms with van der Waals surface area (Å²) in [5.41, 5.74) is 6.93.